The Hall–Kier alpha value is -3.49. The van der Waals surface area contributed by atoms with E-state index in [1.54, 1.807) is 30.3 Å². The van der Waals surface area contributed by atoms with Crippen LogP contribution in [0, 0.1) is 5.82 Å². The molecule has 2 N–H and O–H groups in total. The number of nitrogens with one attached hydrogen (secondary N) is 2. The standard InChI is InChI=1S/C18H12F4N4O/c19-12-8-11(9-23-10-12)14-6-7-15(16(25-14)18(20,21)22)26-17(27)24-13-4-2-1-3-5-13/h1-10H,(H2,24,26,27). The zero-order valence-corrected chi connectivity index (χ0v) is 13.6. The van der Waals surface area contributed by atoms with E-state index in [1.165, 1.54) is 12.3 Å². The zero-order valence-electron chi connectivity index (χ0n) is 13.6. The fraction of sp³-hybridized carbons (Fsp3) is 0.0556. The number of anilines is 2. The van der Waals surface area contributed by atoms with Gasteiger partial charge in [-0.15, -0.1) is 0 Å². The molecule has 0 aliphatic rings. The maximum absolute atomic E-state index is 13.4. The largest absolute Gasteiger partial charge is 0.435 e. The first-order valence-electron chi connectivity index (χ1n) is 7.65. The quantitative estimate of drug-likeness (QED) is 0.636. The molecule has 0 fully saturated rings. The Labute approximate surface area is 151 Å². The summed E-state index contributed by atoms with van der Waals surface area (Å²) in [5.41, 5.74) is -1.44. The molecule has 1 aromatic carbocycles. The van der Waals surface area contributed by atoms with E-state index in [0.717, 1.165) is 18.3 Å². The van der Waals surface area contributed by atoms with Gasteiger partial charge in [-0.05, 0) is 30.3 Å². The number of carbonyl (C=O) groups is 1. The molecule has 9 heteroatoms. The molecule has 0 atom stereocenters. The monoisotopic (exact) mass is 376 g/mol. The van der Waals surface area contributed by atoms with E-state index in [-0.39, 0.29) is 11.3 Å². The Balaban J connectivity index is 1.90. The van der Waals surface area contributed by atoms with E-state index in [2.05, 4.69) is 20.6 Å². The van der Waals surface area contributed by atoms with Crippen molar-refractivity contribution in [2.75, 3.05) is 10.6 Å². The van der Waals surface area contributed by atoms with Crippen LogP contribution in [-0.2, 0) is 6.18 Å². The molecule has 2 heterocycles. The molecule has 2 aromatic heterocycles. The number of hydrogen-bond donors (Lipinski definition) is 2. The molecule has 0 saturated carbocycles. The van der Waals surface area contributed by atoms with Gasteiger partial charge >= 0.3 is 12.2 Å². The van der Waals surface area contributed by atoms with Gasteiger partial charge in [0.25, 0.3) is 0 Å². The van der Waals surface area contributed by atoms with Gasteiger partial charge in [0, 0.05) is 17.4 Å². The van der Waals surface area contributed by atoms with Gasteiger partial charge < -0.3 is 10.6 Å². The van der Waals surface area contributed by atoms with Crippen molar-refractivity contribution in [3.8, 4) is 11.3 Å². The van der Waals surface area contributed by atoms with Crippen molar-refractivity contribution in [3.05, 3.63) is 72.4 Å². The van der Waals surface area contributed by atoms with Crippen LogP contribution < -0.4 is 10.6 Å². The highest BCUT2D eigenvalue weighted by atomic mass is 19.4. The molecule has 0 bridgehead atoms. The van der Waals surface area contributed by atoms with Crippen LogP contribution in [0.25, 0.3) is 11.3 Å². The van der Waals surface area contributed by atoms with E-state index in [1.807, 2.05) is 0 Å². The van der Waals surface area contributed by atoms with Crippen molar-refractivity contribution in [2.45, 2.75) is 6.18 Å². The fourth-order valence-electron chi connectivity index (χ4n) is 2.29. The predicted octanol–water partition coefficient (Wildman–Crippen LogP) is 4.95. The van der Waals surface area contributed by atoms with Crippen molar-refractivity contribution in [1.29, 1.82) is 0 Å². The highest BCUT2D eigenvalue weighted by Gasteiger charge is 2.36. The molecule has 5 nitrogen and oxygen atoms in total. The summed E-state index contributed by atoms with van der Waals surface area (Å²) in [5, 5.41) is 4.55. The van der Waals surface area contributed by atoms with E-state index in [0.29, 0.717) is 5.69 Å². The van der Waals surface area contributed by atoms with Crippen molar-refractivity contribution >= 4 is 17.4 Å². The Morgan fingerprint density at radius 1 is 0.963 bits per heavy atom. The molecule has 0 unspecified atom stereocenters. The van der Waals surface area contributed by atoms with Gasteiger partial charge in [-0.2, -0.15) is 13.2 Å². The summed E-state index contributed by atoms with van der Waals surface area (Å²) in [6.07, 6.45) is -2.70. The van der Waals surface area contributed by atoms with Gasteiger partial charge in [0.2, 0.25) is 0 Å². The Bertz CT molecular complexity index is 961. The second-order valence-corrected chi connectivity index (χ2v) is 5.43. The average Bonchev–Trinajstić information content (AvgIpc) is 2.62. The molecule has 3 aromatic rings. The second-order valence-electron chi connectivity index (χ2n) is 5.43. The van der Waals surface area contributed by atoms with E-state index < -0.39 is 29.4 Å². The van der Waals surface area contributed by atoms with Crippen molar-refractivity contribution in [1.82, 2.24) is 9.97 Å². The van der Waals surface area contributed by atoms with Crippen LogP contribution in [0.2, 0.25) is 0 Å². The average molecular weight is 376 g/mol. The van der Waals surface area contributed by atoms with E-state index in [9.17, 15) is 22.4 Å². The molecule has 0 saturated heterocycles. The number of pyridine rings is 2. The third kappa shape index (κ3) is 4.57. The normalized spacial score (nSPS) is 11.1. The van der Waals surface area contributed by atoms with Gasteiger partial charge in [0.05, 0.1) is 17.6 Å². The molecular weight excluding hydrogens is 364 g/mol. The number of hydrogen-bond acceptors (Lipinski definition) is 3. The minimum Gasteiger partial charge on any atom is -0.308 e. The van der Waals surface area contributed by atoms with Crippen LogP contribution in [0.15, 0.2) is 60.9 Å². The smallest absolute Gasteiger partial charge is 0.308 e. The van der Waals surface area contributed by atoms with Gasteiger partial charge in [-0.25, -0.2) is 14.2 Å². The van der Waals surface area contributed by atoms with E-state index in [4.69, 9.17) is 0 Å². The Morgan fingerprint density at radius 2 is 1.70 bits per heavy atom. The predicted molar refractivity (Wildman–Crippen MR) is 91.5 cm³/mol. The number of benzene rings is 1. The van der Waals surface area contributed by atoms with Gasteiger partial charge in [0.15, 0.2) is 5.69 Å². The Kier molecular flexibility index (Phi) is 5.02. The molecule has 0 aliphatic carbocycles. The molecule has 0 radical (unpaired) electrons. The maximum atomic E-state index is 13.4. The third-order valence-electron chi connectivity index (χ3n) is 3.44. The molecule has 2 amide bonds. The molecular formula is C18H12F4N4O. The van der Waals surface area contributed by atoms with Crippen LogP contribution >= 0.6 is 0 Å². The number of nitrogens with zero attached hydrogens (tertiary/aromatic N) is 2. The Morgan fingerprint density at radius 3 is 2.37 bits per heavy atom. The van der Waals surface area contributed by atoms with Gasteiger partial charge in [0.1, 0.15) is 5.82 Å². The summed E-state index contributed by atoms with van der Waals surface area (Å²) in [6.45, 7) is 0. The van der Waals surface area contributed by atoms with Gasteiger partial charge in [-0.1, -0.05) is 18.2 Å². The fourth-order valence-corrected chi connectivity index (χ4v) is 2.29. The van der Waals surface area contributed by atoms with Crippen LogP contribution in [-0.4, -0.2) is 16.0 Å². The minimum atomic E-state index is -4.83. The number of para-hydroxylation sites is 1. The number of alkyl halides is 3. The van der Waals surface area contributed by atoms with E-state index >= 15 is 0 Å². The number of rotatable bonds is 3. The number of amides is 2. The molecule has 0 aliphatic heterocycles. The summed E-state index contributed by atoms with van der Waals surface area (Å²) in [5.74, 6) is -0.702. The first-order chi connectivity index (χ1) is 12.8. The van der Waals surface area contributed by atoms with Crippen molar-refractivity contribution in [3.63, 3.8) is 0 Å². The van der Waals surface area contributed by atoms with Crippen LogP contribution in [0.5, 0.6) is 0 Å². The minimum absolute atomic E-state index is 0.0841. The van der Waals surface area contributed by atoms with Crippen LogP contribution in [0.4, 0.5) is 33.7 Å². The number of urea groups is 1. The molecule has 0 spiro atoms. The number of aromatic nitrogens is 2. The van der Waals surface area contributed by atoms with Gasteiger partial charge in [-0.3, -0.25) is 4.98 Å². The van der Waals surface area contributed by atoms with Crippen LogP contribution in [0.1, 0.15) is 5.69 Å². The highest BCUT2D eigenvalue weighted by molar-refractivity contribution is 6.00. The number of halogens is 4. The first-order valence-corrected chi connectivity index (χ1v) is 7.65. The third-order valence-corrected chi connectivity index (χ3v) is 3.44. The second kappa shape index (κ2) is 7.40. The summed E-state index contributed by atoms with van der Waals surface area (Å²) in [4.78, 5) is 19.1. The lowest BCUT2D eigenvalue weighted by atomic mass is 10.1. The summed E-state index contributed by atoms with van der Waals surface area (Å²) >= 11 is 0. The molecule has 3 rings (SSSR count). The van der Waals surface area contributed by atoms with Crippen LogP contribution in [0.3, 0.4) is 0 Å². The summed E-state index contributed by atoms with van der Waals surface area (Å²) in [6, 6.07) is 10.7. The zero-order chi connectivity index (χ0) is 19.4. The summed E-state index contributed by atoms with van der Waals surface area (Å²) in [7, 11) is 0. The number of carbonyl (C=O) groups excluding carboxylic acids is 1. The highest BCUT2D eigenvalue weighted by Crippen LogP contribution is 2.35. The molecule has 27 heavy (non-hydrogen) atoms. The topological polar surface area (TPSA) is 66.9 Å². The summed E-state index contributed by atoms with van der Waals surface area (Å²) < 4.78 is 53.4. The molecule has 138 valence electrons. The lowest BCUT2D eigenvalue weighted by molar-refractivity contribution is -0.140. The maximum Gasteiger partial charge on any atom is 0.435 e. The first kappa shape index (κ1) is 18.3. The van der Waals surface area contributed by atoms with Crippen molar-refractivity contribution < 1.29 is 22.4 Å². The SMILES string of the molecule is O=C(Nc1ccccc1)Nc1ccc(-c2cncc(F)c2)nc1C(F)(F)F. The lowest BCUT2D eigenvalue weighted by Crippen LogP contribution is -2.22. The van der Waals surface area contributed by atoms with Crippen molar-refractivity contribution in [2.24, 2.45) is 0 Å². The lowest BCUT2D eigenvalue weighted by Gasteiger charge is -2.15.